The summed E-state index contributed by atoms with van der Waals surface area (Å²) in [6.45, 7) is 3.49. The molecule has 2 amide bonds. The summed E-state index contributed by atoms with van der Waals surface area (Å²) in [5.41, 5.74) is 3.45. The minimum absolute atomic E-state index is 0.0242. The minimum atomic E-state index is -0.652. The fourth-order valence-corrected chi connectivity index (χ4v) is 2.47. The largest absolute Gasteiger partial charge is 0.507 e. The molecular formula is C19H20ClN3O4. The second kappa shape index (κ2) is 9.05. The molecule has 0 aliphatic carbocycles. The second-order valence-electron chi connectivity index (χ2n) is 5.83. The molecule has 0 radical (unpaired) electrons. The quantitative estimate of drug-likeness (QED) is 0.343. The van der Waals surface area contributed by atoms with E-state index in [0.29, 0.717) is 28.4 Å². The van der Waals surface area contributed by atoms with E-state index < -0.39 is 5.91 Å². The van der Waals surface area contributed by atoms with Crippen LogP contribution in [0.2, 0.25) is 5.02 Å². The number of aromatic hydroxyl groups is 2. The summed E-state index contributed by atoms with van der Waals surface area (Å²) in [5.74, 6) is -1.06. The van der Waals surface area contributed by atoms with Crippen molar-refractivity contribution in [3.8, 4) is 11.5 Å². The summed E-state index contributed by atoms with van der Waals surface area (Å²) in [5, 5.41) is 26.8. The molecule has 0 bridgehead atoms. The molecule has 2 aromatic carbocycles. The molecule has 0 aliphatic heterocycles. The van der Waals surface area contributed by atoms with Crippen LogP contribution in [0.1, 0.15) is 42.6 Å². The molecule has 142 valence electrons. The summed E-state index contributed by atoms with van der Waals surface area (Å²) >= 11 is 5.83. The van der Waals surface area contributed by atoms with Crippen molar-refractivity contribution in [3.05, 3.63) is 52.5 Å². The van der Waals surface area contributed by atoms with E-state index in [9.17, 15) is 19.8 Å². The fourth-order valence-electron chi connectivity index (χ4n) is 2.30. The lowest BCUT2D eigenvalue weighted by Gasteiger charge is -2.09. The lowest BCUT2D eigenvalue weighted by atomic mass is 10.1. The number of hydrazone groups is 1. The summed E-state index contributed by atoms with van der Waals surface area (Å²) in [6.07, 6.45) is 1.11. The number of rotatable bonds is 6. The number of nitrogens with zero attached hydrogens (tertiary/aromatic N) is 1. The molecule has 0 saturated carbocycles. The molecule has 0 fully saturated rings. The Kier molecular flexibility index (Phi) is 6.79. The maximum atomic E-state index is 12.2. The van der Waals surface area contributed by atoms with Crippen molar-refractivity contribution in [1.82, 2.24) is 5.43 Å². The Morgan fingerprint density at radius 1 is 1.07 bits per heavy atom. The Morgan fingerprint density at radius 3 is 2.44 bits per heavy atom. The molecule has 2 aromatic rings. The maximum absolute atomic E-state index is 12.2. The number of carbonyl (C=O) groups excluding carboxylic acids is 2. The molecule has 0 aromatic heterocycles. The number of nitrogens with one attached hydrogen (secondary N) is 2. The molecule has 4 N–H and O–H groups in total. The van der Waals surface area contributed by atoms with Crippen molar-refractivity contribution >= 4 is 34.8 Å². The highest BCUT2D eigenvalue weighted by atomic mass is 35.5. The zero-order valence-corrected chi connectivity index (χ0v) is 15.7. The third-order valence-electron chi connectivity index (χ3n) is 3.68. The lowest BCUT2D eigenvalue weighted by molar-refractivity contribution is -0.116. The van der Waals surface area contributed by atoms with E-state index in [-0.39, 0.29) is 23.0 Å². The van der Waals surface area contributed by atoms with Gasteiger partial charge in [-0.2, -0.15) is 5.10 Å². The van der Waals surface area contributed by atoms with Gasteiger partial charge in [-0.25, -0.2) is 5.43 Å². The highest BCUT2D eigenvalue weighted by molar-refractivity contribution is 6.31. The van der Waals surface area contributed by atoms with Crippen LogP contribution >= 0.6 is 11.6 Å². The van der Waals surface area contributed by atoms with Crippen molar-refractivity contribution in [2.24, 2.45) is 5.10 Å². The number of phenols is 2. The third kappa shape index (κ3) is 5.46. The van der Waals surface area contributed by atoms with Crippen LogP contribution in [-0.4, -0.2) is 27.7 Å². The first-order valence-electron chi connectivity index (χ1n) is 8.28. The third-order valence-corrected chi connectivity index (χ3v) is 3.91. The first kappa shape index (κ1) is 20.3. The topological polar surface area (TPSA) is 111 Å². The van der Waals surface area contributed by atoms with Crippen LogP contribution in [0, 0.1) is 0 Å². The molecule has 7 nitrogen and oxygen atoms in total. The Labute approximate surface area is 161 Å². The van der Waals surface area contributed by atoms with Crippen LogP contribution in [0.3, 0.4) is 0 Å². The molecule has 0 unspecified atom stereocenters. The molecule has 0 heterocycles. The molecule has 0 atom stereocenters. The average molecular weight is 390 g/mol. The highest BCUT2D eigenvalue weighted by Crippen LogP contribution is 2.23. The monoisotopic (exact) mass is 389 g/mol. The molecular weight excluding hydrogens is 370 g/mol. The van der Waals surface area contributed by atoms with Crippen LogP contribution in [0.5, 0.6) is 11.5 Å². The van der Waals surface area contributed by atoms with Crippen LogP contribution in [-0.2, 0) is 4.79 Å². The normalized spacial score (nSPS) is 11.1. The van der Waals surface area contributed by atoms with Gasteiger partial charge in [-0.3, -0.25) is 9.59 Å². The van der Waals surface area contributed by atoms with Gasteiger partial charge in [-0.1, -0.05) is 18.5 Å². The first-order chi connectivity index (χ1) is 12.8. The number of amides is 2. The van der Waals surface area contributed by atoms with Gasteiger partial charge in [0.15, 0.2) is 0 Å². The van der Waals surface area contributed by atoms with Crippen molar-refractivity contribution in [3.63, 3.8) is 0 Å². The Hall–Kier alpha value is -3.06. The van der Waals surface area contributed by atoms with Gasteiger partial charge in [0.2, 0.25) is 5.91 Å². The zero-order chi connectivity index (χ0) is 20.0. The van der Waals surface area contributed by atoms with Crippen molar-refractivity contribution in [2.45, 2.75) is 26.7 Å². The molecule has 27 heavy (non-hydrogen) atoms. The van der Waals surface area contributed by atoms with Crippen molar-refractivity contribution < 1.29 is 19.8 Å². The smallest absolute Gasteiger partial charge is 0.275 e. The van der Waals surface area contributed by atoms with Crippen LogP contribution in [0.4, 0.5) is 5.69 Å². The van der Waals surface area contributed by atoms with Gasteiger partial charge in [0.25, 0.3) is 5.91 Å². The Morgan fingerprint density at radius 2 is 1.74 bits per heavy atom. The number of anilines is 1. The predicted molar refractivity (Wildman–Crippen MR) is 104 cm³/mol. The predicted octanol–water partition coefficient (Wildman–Crippen LogP) is 3.64. The van der Waals surface area contributed by atoms with Gasteiger partial charge in [0, 0.05) is 22.7 Å². The number of hydrogen-bond donors (Lipinski definition) is 4. The minimum Gasteiger partial charge on any atom is -0.507 e. The molecule has 8 heteroatoms. The van der Waals surface area contributed by atoms with Gasteiger partial charge in [0.05, 0.1) is 11.3 Å². The number of hydrogen-bond acceptors (Lipinski definition) is 5. The van der Waals surface area contributed by atoms with Gasteiger partial charge < -0.3 is 15.5 Å². The summed E-state index contributed by atoms with van der Waals surface area (Å²) in [4.78, 5) is 23.9. The highest BCUT2D eigenvalue weighted by Gasteiger charge is 2.13. The average Bonchev–Trinajstić information content (AvgIpc) is 2.63. The van der Waals surface area contributed by atoms with Gasteiger partial charge in [-0.05, 0) is 49.7 Å². The first-order valence-corrected chi connectivity index (χ1v) is 8.66. The van der Waals surface area contributed by atoms with Gasteiger partial charge >= 0.3 is 0 Å². The van der Waals surface area contributed by atoms with E-state index >= 15 is 0 Å². The molecule has 2 rings (SSSR count). The van der Waals surface area contributed by atoms with E-state index in [1.807, 2.05) is 6.92 Å². The van der Waals surface area contributed by atoms with E-state index in [0.717, 1.165) is 6.42 Å². The standard InChI is InChI=1S/C19H20ClN3O4/c1-3-4-18(26)21-13-6-8-16(24)14(10-13)11(2)22-23-19(27)15-9-12(20)5-7-17(15)25/h5-10,24-25H,3-4H2,1-2H3,(H,21,26)(H,23,27)/b22-11+. The van der Waals surface area contributed by atoms with Gasteiger partial charge in [0.1, 0.15) is 11.5 Å². The molecule has 0 saturated heterocycles. The van der Waals surface area contributed by atoms with Crippen LogP contribution in [0.15, 0.2) is 41.5 Å². The van der Waals surface area contributed by atoms with Gasteiger partial charge in [-0.15, -0.1) is 0 Å². The lowest BCUT2D eigenvalue weighted by Crippen LogP contribution is -2.19. The summed E-state index contributed by atoms with van der Waals surface area (Å²) in [7, 11) is 0. The zero-order valence-electron chi connectivity index (χ0n) is 14.9. The van der Waals surface area contributed by atoms with E-state index in [4.69, 9.17) is 11.6 Å². The maximum Gasteiger partial charge on any atom is 0.275 e. The van der Waals surface area contributed by atoms with Crippen molar-refractivity contribution in [2.75, 3.05) is 5.32 Å². The summed E-state index contributed by atoms with van der Waals surface area (Å²) < 4.78 is 0. The molecule has 0 aliphatic rings. The Bertz CT molecular complexity index is 897. The number of carbonyl (C=O) groups is 2. The van der Waals surface area contributed by atoms with Crippen molar-refractivity contribution in [1.29, 1.82) is 0 Å². The van der Waals surface area contributed by atoms with E-state index in [2.05, 4.69) is 15.8 Å². The molecule has 0 spiro atoms. The number of benzene rings is 2. The summed E-state index contributed by atoms with van der Waals surface area (Å²) in [6, 6.07) is 8.65. The number of phenolic OH excluding ortho intramolecular Hbond substituents is 2. The van der Waals surface area contributed by atoms with Crippen LogP contribution in [0.25, 0.3) is 0 Å². The van der Waals surface area contributed by atoms with E-state index in [1.165, 1.54) is 24.3 Å². The van der Waals surface area contributed by atoms with E-state index in [1.54, 1.807) is 19.1 Å². The van der Waals surface area contributed by atoms with Crippen LogP contribution < -0.4 is 10.7 Å². The fraction of sp³-hybridized carbons (Fsp3) is 0.211. The second-order valence-corrected chi connectivity index (χ2v) is 6.27. The number of halogens is 1. The SMILES string of the molecule is CCCC(=O)Nc1ccc(O)c(/C(C)=N/NC(=O)c2cc(Cl)ccc2O)c1. The Balaban J connectivity index is 2.18.